The van der Waals surface area contributed by atoms with Crippen LogP contribution in [0.3, 0.4) is 0 Å². The number of nitrogens with zero attached hydrogens (tertiary/aromatic N) is 1. The zero-order chi connectivity index (χ0) is 7.56. The molecule has 1 atom stereocenters. The third-order valence-corrected chi connectivity index (χ3v) is 1.86. The number of unbranched alkanes of at least 4 members (excludes halogenated alkanes) is 1. The van der Waals surface area contributed by atoms with Gasteiger partial charge in [-0.1, -0.05) is 19.8 Å². The molecule has 1 fully saturated rings. The summed E-state index contributed by atoms with van der Waals surface area (Å²) >= 11 is 0. The highest BCUT2D eigenvalue weighted by Gasteiger charge is 2.43. The summed E-state index contributed by atoms with van der Waals surface area (Å²) < 4.78 is 0. The first kappa shape index (κ1) is 7.54. The van der Waals surface area contributed by atoms with Gasteiger partial charge in [-0.15, -0.1) is 0 Å². The largest absolute Gasteiger partial charge is 0.376 e. The van der Waals surface area contributed by atoms with Gasteiger partial charge in [0.15, 0.2) is 0 Å². The number of hydrogen-bond acceptors (Lipinski definition) is 2. The van der Waals surface area contributed by atoms with Crippen molar-refractivity contribution in [3.63, 3.8) is 0 Å². The molecule has 0 aromatic heterocycles. The van der Waals surface area contributed by atoms with Gasteiger partial charge in [0.1, 0.15) is 12.8 Å². The molecule has 1 unspecified atom stereocenters. The molecule has 0 aromatic rings. The van der Waals surface area contributed by atoms with Crippen LogP contribution in [0.4, 0.5) is 0 Å². The number of carbonyl (C=O) groups excluding carboxylic acids is 1. The highest BCUT2D eigenvalue weighted by molar-refractivity contribution is 5.96. The topological polar surface area (TPSA) is 40.3 Å². The van der Waals surface area contributed by atoms with Gasteiger partial charge in [-0.3, -0.25) is 4.79 Å². The Morgan fingerprint density at radius 2 is 2.40 bits per heavy atom. The Morgan fingerprint density at radius 3 is 2.80 bits per heavy atom. The van der Waals surface area contributed by atoms with Gasteiger partial charge in [0.2, 0.25) is 5.91 Å². The van der Waals surface area contributed by atoms with Gasteiger partial charge in [0.05, 0.1) is 0 Å². The first-order valence-electron chi connectivity index (χ1n) is 3.72. The maximum absolute atomic E-state index is 10.7. The summed E-state index contributed by atoms with van der Waals surface area (Å²) in [6.07, 6.45) is 3.10. The van der Waals surface area contributed by atoms with E-state index in [0.717, 1.165) is 19.3 Å². The van der Waals surface area contributed by atoms with E-state index in [-0.39, 0.29) is 18.7 Å². The molecule has 1 aliphatic rings. The SMILES string of the molecule is CCCCC1C(=O)N1CO. The van der Waals surface area contributed by atoms with Crippen LogP contribution in [0, 0.1) is 0 Å². The standard InChI is InChI=1S/C7H13NO2/c1-2-3-4-6-7(10)8(6)5-9/h6,9H,2-5H2,1H3. The minimum atomic E-state index is -0.104. The summed E-state index contributed by atoms with van der Waals surface area (Å²) in [5.41, 5.74) is 0. The van der Waals surface area contributed by atoms with E-state index >= 15 is 0 Å². The Labute approximate surface area is 60.6 Å². The van der Waals surface area contributed by atoms with Crippen LogP contribution in [-0.2, 0) is 4.79 Å². The Hall–Kier alpha value is -0.570. The van der Waals surface area contributed by atoms with Crippen molar-refractivity contribution >= 4 is 5.91 Å². The first-order chi connectivity index (χ1) is 4.81. The predicted molar refractivity (Wildman–Crippen MR) is 37.2 cm³/mol. The zero-order valence-corrected chi connectivity index (χ0v) is 6.21. The summed E-state index contributed by atoms with van der Waals surface area (Å²) in [5.74, 6) is 0.107. The molecule has 0 aliphatic carbocycles. The average molecular weight is 143 g/mol. The fourth-order valence-electron chi connectivity index (χ4n) is 1.10. The lowest BCUT2D eigenvalue weighted by atomic mass is 10.2. The smallest absolute Gasteiger partial charge is 0.247 e. The van der Waals surface area contributed by atoms with Gasteiger partial charge in [0, 0.05) is 0 Å². The Kier molecular flexibility index (Phi) is 2.27. The molecule has 1 saturated heterocycles. The van der Waals surface area contributed by atoms with Crippen molar-refractivity contribution in [3.8, 4) is 0 Å². The van der Waals surface area contributed by atoms with Crippen molar-refractivity contribution in [1.29, 1.82) is 0 Å². The van der Waals surface area contributed by atoms with E-state index in [1.165, 1.54) is 4.90 Å². The zero-order valence-electron chi connectivity index (χ0n) is 6.21. The van der Waals surface area contributed by atoms with Crippen molar-refractivity contribution < 1.29 is 9.90 Å². The number of rotatable bonds is 4. The number of carbonyl (C=O) groups is 1. The summed E-state index contributed by atoms with van der Waals surface area (Å²) in [4.78, 5) is 12.2. The lowest BCUT2D eigenvalue weighted by Gasteiger charge is -1.94. The Morgan fingerprint density at radius 1 is 1.70 bits per heavy atom. The van der Waals surface area contributed by atoms with E-state index in [0.29, 0.717) is 0 Å². The number of aliphatic hydroxyl groups is 1. The molecule has 3 nitrogen and oxygen atoms in total. The maximum Gasteiger partial charge on any atom is 0.247 e. The number of aliphatic hydroxyl groups excluding tert-OH is 1. The molecule has 0 spiro atoms. The van der Waals surface area contributed by atoms with Gasteiger partial charge in [0.25, 0.3) is 0 Å². The third kappa shape index (κ3) is 1.29. The van der Waals surface area contributed by atoms with Crippen LogP contribution >= 0.6 is 0 Å². The first-order valence-corrected chi connectivity index (χ1v) is 3.72. The van der Waals surface area contributed by atoms with E-state index < -0.39 is 0 Å². The van der Waals surface area contributed by atoms with Crippen LogP contribution in [-0.4, -0.2) is 28.7 Å². The molecule has 10 heavy (non-hydrogen) atoms. The van der Waals surface area contributed by atoms with Crippen LogP contribution in [0.15, 0.2) is 0 Å². The van der Waals surface area contributed by atoms with Crippen LogP contribution < -0.4 is 0 Å². The van der Waals surface area contributed by atoms with Crippen molar-refractivity contribution in [2.75, 3.05) is 6.73 Å². The average Bonchev–Trinajstić information content (AvgIpc) is 2.56. The predicted octanol–water partition coefficient (Wildman–Crippen LogP) is 0.337. The summed E-state index contributed by atoms with van der Waals surface area (Å²) in [6, 6.07) is 0.0462. The molecule has 1 N–H and O–H groups in total. The molecule has 1 aliphatic heterocycles. The molecule has 3 heteroatoms. The number of hydrogen-bond donors (Lipinski definition) is 1. The molecule has 0 saturated carbocycles. The van der Waals surface area contributed by atoms with Crippen molar-refractivity contribution in [2.24, 2.45) is 0 Å². The molecule has 1 heterocycles. The van der Waals surface area contributed by atoms with E-state index in [9.17, 15) is 4.79 Å². The molecular weight excluding hydrogens is 130 g/mol. The van der Waals surface area contributed by atoms with E-state index in [2.05, 4.69) is 6.92 Å². The highest BCUT2D eigenvalue weighted by atomic mass is 16.3. The quantitative estimate of drug-likeness (QED) is 0.576. The molecule has 0 bridgehead atoms. The normalized spacial score (nSPS) is 23.6. The molecule has 0 aromatic carbocycles. The van der Waals surface area contributed by atoms with Gasteiger partial charge < -0.3 is 10.0 Å². The molecule has 0 radical (unpaired) electrons. The summed E-state index contributed by atoms with van der Waals surface area (Å²) in [7, 11) is 0. The van der Waals surface area contributed by atoms with Crippen LogP contribution in [0.5, 0.6) is 0 Å². The van der Waals surface area contributed by atoms with Crippen molar-refractivity contribution in [3.05, 3.63) is 0 Å². The maximum atomic E-state index is 10.7. The van der Waals surface area contributed by atoms with Gasteiger partial charge in [-0.25, -0.2) is 0 Å². The molecule has 58 valence electrons. The second-order valence-corrected chi connectivity index (χ2v) is 2.61. The van der Waals surface area contributed by atoms with E-state index in [4.69, 9.17) is 5.11 Å². The van der Waals surface area contributed by atoms with E-state index in [1.807, 2.05) is 0 Å². The van der Waals surface area contributed by atoms with Crippen molar-refractivity contribution in [1.82, 2.24) is 4.90 Å². The summed E-state index contributed by atoms with van der Waals surface area (Å²) in [5, 5.41) is 8.55. The second-order valence-electron chi connectivity index (χ2n) is 2.61. The van der Waals surface area contributed by atoms with Gasteiger partial charge in [-0.2, -0.15) is 0 Å². The minimum absolute atomic E-state index is 0.0462. The Bertz CT molecular complexity index is 136. The van der Waals surface area contributed by atoms with Gasteiger partial charge in [-0.05, 0) is 6.42 Å². The monoisotopic (exact) mass is 143 g/mol. The fourth-order valence-corrected chi connectivity index (χ4v) is 1.10. The van der Waals surface area contributed by atoms with Crippen molar-refractivity contribution in [2.45, 2.75) is 32.2 Å². The molecule has 1 rings (SSSR count). The Balaban J connectivity index is 2.15. The van der Waals surface area contributed by atoms with Crippen LogP contribution in [0.25, 0.3) is 0 Å². The molecular formula is C7H13NO2. The third-order valence-electron chi connectivity index (χ3n) is 1.86. The number of amides is 1. The minimum Gasteiger partial charge on any atom is -0.376 e. The van der Waals surface area contributed by atoms with E-state index in [1.54, 1.807) is 0 Å². The fraction of sp³-hybridized carbons (Fsp3) is 0.857. The molecule has 1 amide bonds. The second kappa shape index (κ2) is 3.01. The van der Waals surface area contributed by atoms with Gasteiger partial charge >= 0.3 is 0 Å². The lowest BCUT2D eigenvalue weighted by molar-refractivity contribution is -0.114. The van der Waals surface area contributed by atoms with Crippen LogP contribution in [0.1, 0.15) is 26.2 Å². The lowest BCUT2D eigenvalue weighted by Crippen LogP contribution is -2.02. The highest BCUT2D eigenvalue weighted by Crippen LogP contribution is 2.23. The summed E-state index contributed by atoms with van der Waals surface area (Å²) in [6.45, 7) is 1.99. The van der Waals surface area contributed by atoms with Crippen LogP contribution in [0.2, 0.25) is 0 Å².